The number of hydrogen-bond acceptors (Lipinski definition) is 3. The lowest BCUT2D eigenvalue weighted by Crippen LogP contribution is -2.15. The molecule has 1 aromatic carbocycles. The molecule has 0 saturated heterocycles. The fourth-order valence-electron chi connectivity index (χ4n) is 1.77. The molecule has 2 rings (SSSR count). The summed E-state index contributed by atoms with van der Waals surface area (Å²) in [5, 5.41) is 3.06. The van der Waals surface area contributed by atoms with Gasteiger partial charge in [0, 0.05) is 36.5 Å². The van der Waals surface area contributed by atoms with Crippen LogP contribution in [0.25, 0.3) is 0 Å². The molecule has 0 aliphatic carbocycles. The summed E-state index contributed by atoms with van der Waals surface area (Å²) < 4.78 is 45.4. The third kappa shape index (κ3) is 4.19. The van der Waals surface area contributed by atoms with Gasteiger partial charge in [-0.2, -0.15) is 0 Å². The standard InChI is InChI=1S/C15H15F3N2O/c1-2-4-19-9-10-3-5-20-15(14(10)18)21-13-7-11(16)6-12(17)8-13/h3,5-8,19H,2,4,9H2,1H3. The van der Waals surface area contributed by atoms with Crippen molar-refractivity contribution < 1.29 is 17.9 Å². The van der Waals surface area contributed by atoms with Gasteiger partial charge in [0.1, 0.15) is 17.4 Å². The van der Waals surface area contributed by atoms with E-state index in [0.29, 0.717) is 18.2 Å². The van der Waals surface area contributed by atoms with Gasteiger partial charge in [-0.25, -0.2) is 18.2 Å². The molecule has 0 atom stereocenters. The average molecular weight is 296 g/mol. The van der Waals surface area contributed by atoms with Crippen LogP contribution in [0.5, 0.6) is 11.6 Å². The van der Waals surface area contributed by atoms with Gasteiger partial charge < -0.3 is 10.1 Å². The van der Waals surface area contributed by atoms with Crippen LogP contribution >= 0.6 is 0 Å². The minimum absolute atomic E-state index is 0.141. The topological polar surface area (TPSA) is 34.2 Å². The van der Waals surface area contributed by atoms with Crippen LogP contribution in [0, 0.1) is 17.5 Å². The molecule has 0 unspecified atom stereocenters. The van der Waals surface area contributed by atoms with E-state index in [1.165, 1.54) is 12.3 Å². The number of hydrogen-bond donors (Lipinski definition) is 1. The third-order valence-electron chi connectivity index (χ3n) is 2.73. The summed E-state index contributed by atoms with van der Waals surface area (Å²) in [5.74, 6) is -2.70. The van der Waals surface area contributed by atoms with Gasteiger partial charge in [-0.1, -0.05) is 6.92 Å². The third-order valence-corrected chi connectivity index (χ3v) is 2.73. The molecule has 6 heteroatoms. The van der Waals surface area contributed by atoms with Crippen LogP contribution in [0.2, 0.25) is 0 Å². The highest BCUT2D eigenvalue weighted by molar-refractivity contribution is 5.31. The molecule has 0 aliphatic rings. The summed E-state index contributed by atoms with van der Waals surface area (Å²) in [5.41, 5.74) is 0.380. The van der Waals surface area contributed by atoms with E-state index in [1.54, 1.807) is 0 Å². The summed E-state index contributed by atoms with van der Waals surface area (Å²) in [6, 6.07) is 4.16. The van der Waals surface area contributed by atoms with Gasteiger partial charge in [0.25, 0.3) is 5.88 Å². The number of aromatic nitrogens is 1. The maximum atomic E-state index is 14.2. The van der Waals surface area contributed by atoms with E-state index in [-0.39, 0.29) is 11.6 Å². The lowest BCUT2D eigenvalue weighted by Gasteiger charge is -2.09. The van der Waals surface area contributed by atoms with Gasteiger partial charge in [-0.15, -0.1) is 0 Å². The van der Waals surface area contributed by atoms with E-state index in [1.807, 2.05) is 6.92 Å². The van der Waals surface area contributed by atoms with Crippen LogP contribution in [0.15, 0.2) is 30.5 Å². The van der Waals surface area contributed by atoms with Gasteiger partial charge in [0.05, 0.1) is 0 Å². The molecule has 0 radical (unpaired) electrons. The van der Waals surface area contributed by atoms with Crippen molar-refractivity contribution in [3.8, 4) is 11.6 Å². The number of benzene rings is 1. The van der Waals surface area contributed by atoms with Crippen LogP contribution in [0.3, 0.4) is 0 Å². The molecule has 0 saturated carbocycles. The molecular weight excluding hydrogens is 281 g/mol. The second-order valence-electron chi connectivity index (χ2n) is 4.47. The van der Waals surface area contributed by atoms with Crippen LogP contribution in [0.1, 0.15) is 18.9 Å². The van der Waals surface area contributed by atoms with Gasteiger partial charge in [-0.05, 0) is 19.0 Å². The SMILES string of the molecule is CCCNCc1ccnc(Oc2cc(F)cc(F)c2)c1F. The minimum atomic E-state index is -0.800. The number of nitrogens with zero attached hydrogens (tertiary/aromatic N) is 1. The first kappa shape index (κ1) is 15.3. The summed E-state index contributed by atoms with van der Waals surface area (Å²) in [4.78, 5) is 3.75. The maximum Gasteiger partial charge on any atom is 0.256 e. The quantitative estimate of drug-likeness (QED) is 0.824. The number of pyridine rings is 1. The van der Waals surface area contributed by atoms with Crippen LogP contribution in [-0.2, 0) is 6.54 Å². The lowest BCUT2D eigenvalue weighted by molar-refractivity contribution is 0.411. The molecule has 1 aromatic heterocycles. The number of ether oxygens (including phenoxy) is 1. The molecule has 0 aliphatic heterocycles. The van der Waals surface area contributed by atoms with Gasteiger partial charge in [0.2, 0.25) is 0 Å². The second kappa shape index (κ2) is 7.08. The van der Waals surface area contributed by atoms with E-state index in [9.17, 15) is 13.2 Å². The summed E-state index contributed by atoms with van der Waals surface area (Å²) in [6.45, 7) is 3.09. The lowest BCUT2D eigenvalue weighted by atomic mass is 10.2. The first-order valence-corrected chi connectivity index (χ1v) is 6.58. The van der Waals surface area contributed by atoms with Crippen LogP contribution in [-0.4, -0.2) is 11.5 Å². The van der Waals surface area contributed by atoms with Crippen molar-refractivity contribution in [2.24, 2.45) is 0 Å². The Labute approximate surface area is 120 Å². The summed E-state index contributed by atoms with van der Waals surface area (Å²) in [7, 11) is 0. The largest absolute Gasteiger partial charge is 0.436 e. The number of halogens is 3. The molecule has 0 bridgehead atoms. The molecule has 2 aromatic rings. The van der Waals surface area contributed by atoms with Gasteiger partial charge >= 0.3 is 0 Å². The second-order valence-corrected chi connectivity index (χ2v) is 4.47. The number of rotatable bonds is 6. The monoisotopic (exact) mass is 296 g/mol. The predicted octanol–water partition coefficient (Wildman–Crippen LogP) is 3.79. The van der Waals surface area contributed by atoms with Crippen molar-refractivity contribution in [3.05, 3.63) is 53.5 Å². The molecule has 1 heterocycles. The fourth-order valence-corrected chi connectivity index (χ4v) is 1.77. The highest BCUT2D eigenvalue weighted by atomic mass is 19.1. The first-order valence-electron chi connectivity index (χ1n) is 6.58. The van der Waals surface area contributed by atoms with Crippen molar-refractivity contribution >= 4 is 0 Å². The Hall–Kier alpha value is -2.08. The van der Waals surface area contributed by atoms with Crippen molar-refractivity contribution in [2.75, 3.05) is 6.54 Å². The Morgan fingerprint density at radius 2 is 1.86 bits per heavy atom. The Morgan fingerprint density at radius 1 is 1.14 bits per heavy atom. The Morgan fingerprint density at radius 3 is 2.52 bits per heavy atom. The van der Waals surface area contributed by atoms with Crippen molar-refractivity contribution in [3.63, 3.8) is 0 Å². The van der Waals surface area contributed by atoms with E-state index < -0.39 is 17.5 Å². The van der Waals surface area contributed by atoms with E-state index in [0.717, 1.165) is 25.1 Å². The Bertz CT molecular complexity index is 600. The highest BCUT2D eigenvalue weighted by Gasteiger charge is 2.12. The van der Waals surface area contributed by atoms with E-state index in [4.69, 9.17) is 4.74 Å². The van der Waals surface area contributed by atoms with Crippen LogP contribution < -0.4 is 10.1 Å². The highest BCUT2D eigenvalue weighted by Crippen LogP contribution is 2.25. The van der Waals surface area contributed by atoms with Crippen molar-refractivity contribution in [1.82, 2.24) is 10.3 Å². The zero-order chi connectivity index (χ0) is 15.2. The Balaban J connectivity index is 2.18. The smallest absolute Gasteiger partial charge is 0.256 e. The molecule has 0 spiro atoms. The molecule has 0 amide bonds. The summed E-state index contributed by atoms with van der Waals surface area (Å²) in [6.07, 6.45) is 2.32. The molecule has 112 valence electrons. The normalized spacial score (nSPS) is 10.7. The average Bonchev–Trinajstić information content (AvgIpc) is 2.42. The zero-order valence-electron chi connectivity index (χ0n) is 11.5. The minimum Gasteiger partial charge on any atom is -0.436 e. The predicted molar refractivity (Wildman–Crippen MR) is 72.6 cm³/mol. The number of nitrogens with one attached hydrogen (secondary N) is 1. The van der Waals surface area contributed by atoms with Crippen molar-refractivity contribution in [2.45, 2.75) is 19.9 Å². The molecule has 1 N–H and O–H groups in total. The van der Waals surface area contributed by atoms with E-state index in [2.05, 4.69) is 10.3 Å². The molecular formula is C15H15F3N2O. The van der Waals surface area contributed by atoms with Crippen LogP contribution in [0.4, 0.5) is 13.2 Å². The van der Waals surface area contributed by atoms with Gasteiger partial charge in [-0.3, -0.25) is 0 Å². The van der Waals surface area contributed by atoms with E-state index >= 15 is 0 Å². The summed E-state index contributed by atoms with van der Waals surface area (Å²) >= 11 is 0. The molecule has 21 heavy (non-hydrogen) atoms. The Kier molecular flexibility index (Phi) is 5.16. The maximum absolute atomic E-state index is 14.2. The molecule has 0 fully saturated rings. The fraction of sp³-hybridized carbons (Fsp3) is 0.267. The molecule has 3 nitrogen and oxygen atoms in total. The van der Waals surface area contributed by atoms with Crippen molar-refractivity contribution in [1.29, 1.82) is 0 Å². The zero-order valence-corrected chi connectivity index (χ0v) is 11.5. The first-order chi connectivity index (χ1) is 10.1. The van der Waals surface area contributed by atoms with Gasteiger partial charge in [0.15, 0.2) is 5.82 Å².